The first-order valence-electron chi connectivity index (χ1n) is 10.5. The summed E-state index contributed by atoms with van der Waals surface area (Å²) in [6.07, 6.45) is 1.69. The van der Waals surface area contributed by atoms with E-state index in [-0.39, 0.29) is 30.9 Å². The van der Waals surface area contributed by atoms with Crippen LogP contribution in [0.4, 0.5) is 4.79 Å². The molecule has 0 radical (unpaired) electrons. The molecular weight excluding hydrogens is 493 g/mol. The van der Waals surface area contributed by atoms with Gasteiger partial charge >= 0.3 is 0 Å². The summed E-state index contributed by atoms with van der Waals surface area (Å²) >= 11 is 13.1. The van der Waals surface area contributed by atoms with Gasteiger partial charge in [0.15, 0.2) is 0 Å². The molecule has 1 heterocycles. The van der Waals surface area contributed by atoms with Gasteiger partial charge in [-0.25, -0.2) is 0 Å². The second kappa shape index (κ2) is 11.0. The number of aryl methyl sites for hydroxylation is 1. The van der Waals surface area contributed by atoms with Crippen molar-refractivity contribution in [3.63, 3.8) is 0 Å². The van der Waals surface area contributed by atoms with Gasteiger partial charge in [0.1, 0.15) is 24.7 Å². The van der Waals surface area contributed by atoms with Crippen LogP contribution >= 0.6 is 35.0 Å². The molecule has 0 unspecified atom stereocenters. The van der Waals surface area contributed by atoms with Crippen LogP contribution in [0.15, 0.2) is 71.6 Å². The highest BCUT2D eigenvalue weighted by Crippen LogP contribution is 2.32. The second-order valence-electron chi connectivity index (χ2n) is 7.59. The minimum absolute atomic E-state index is 0.181. The molecule has 0 spiro atoms. The monoisotopic (exact) mass is 513 g/mol. The van der Waals surface area contributed by atoms with Crippen molar-refractivity contribution >= 4 is 52.2 Å². The normalized spacial score (nSPS) is 14.7. The van der Waals surface area contributed by atoms with Gasteiger partial charge in [-0.05, 0) is 66.7 Å². The average molecular weight is 514 g/mol. The van der Waals surface area contributed by atoms with Gasteiger partial charge in [0, 0.05) is 15.6 Å². The molecule has 3 aromatic carbocycles. The Hall–Kier alpha value is -2.93. The van der Waals surface area contributed by atoms with Crippen molar-refractivity contribution < 1.29 is 19.1 Å². The lowest BCUT2D eigenvalue weighted by Crippen LogP contribution is -2.32. The molecule has 1 fully saturated rings. The van der Waals surface area contributed by atoms with Gasteiger partial charge in [0.25, 0.3) is 11.1 Å². The molecule has 1 saturated heterocycles. The van der Waals surface area contributed by atoms with E-state index in [4.69, 9.17) is 32.7 Å². The van der Waals surface area contributed by atoms with Crippen LogP contribution in [0, 0.1) is 6.92 Å². The molecule has 34 heavy (non-hydrogen) atoms. The van der Waals surface area contributed by atoms with E-state index in [9.17, 15) is 9.59 Å². The highest BCUT2D eigenvalue weighted by Gasteiger charge is 2.34. The van der Waals surface area contributed by atoms with E-state index in [0.717, 1.165) is 28.5 Å². The highest BCUT2D eigenvalue weighted by molar-refractivity contribution is 8.18. The lowest BCUT2D eigenvalue weighted by atomic mass is 10.2. The van der Waals surface area contributed by atoms with Crippen molar-refractivity contribution in [3.8, 4) is 11.5 Å². The van der Waals surface area contributed by atoms with Crippen LogP contribution in [0.1, 0.15) is 16.7 Å². The number of hydrogen-bond donors (Lipinski definition) is 0. The molecule has 4 rings (SSSR count). The van der Waals surface area contributed by atoms with E-state index in [1.54, 1.807) is 24.3 Å². The molecule has 2 amide bonds. The number of amides is 2. The summed E-state index contributed by atoms with van der Waals surface area (Å²) in [4.78, 5) is 26.7. The third-order valence-corrected chi connectivity index (χ3v) is 6.54. The lowest BCUT2D eigenvalue weighted by Gasteiger charge is -2.13. The van der Waals surface area contributed by atoms with Gasteiger partial charge in [-0.1, -0.05) is 59.1 Å². The summed E-state index contributed by atoms with van der Waals surface area (Å²) in [7, 11) is 0. The Balaban J connectivity index is 1.37. The minimum Gasteiger partial charge on any atom is -0.492 e. The Labute approximate surface area is 212 Å². The van der Waals surface area contributed by atoms with Gasteiger partial charge in [-0.2, -0.15) is 0 Å². The van der Waals surface area contributed by atoms with Crippen molar-refractivity contribution in [1.29, 1.82) is 0 Å². The van der Waals surface area contributed by atoms with Crippen molar-refractivity contribution in [2.75, 3.05) is 13.2 Å². The maximum absolute atomic E-state index is 12.8. The SMILES string of the molecule is Cc1ccc(OCCN2C(=O)S/C(=C\c3cccc(OCc4ccc(Cl)cc4Cl)c3)C2=O)cc1. The third kappa shape index (κ3) is 6.14. The smallest absolute Gasteiger partial charge is 0.293 e. The number of carbonyl (C=O) groups is 2. The predicted molar refractivity (Wildman–Crippen MR) is 137 cm³/mol. The van der Waals surface area contributed by atoms with E-state index in [2.05, 4.69) is 0 Å². The van der Waals surface area contributed by atoms with E-state index < -0.39 is 0 Å². The maximum atomic E-state index is 12.8. The van der Waals surface area contributed by atoms with Gasteiger partial charge in [-0.15, -0.1) is 0 Å². The van der Waals surface area contributed by atoms with Crippen LogP contribution in [0.5, 0.6) is 11.5 Å². The lowest BCUT2D eigenvalue weighted by molar-refractivity contribution is -0.123. The first kappa shape index (κ1) is 24.2. The number of carbonyl (C=O) groups excluding carboxylic acids is 2. The molecule has 8 heteroatoms. The van der Waals surface area contributed by atoms with E-state index in [1.807, 2.05) is 55.5 Å². The first-order valence-corrected chi connectivity index (χ1v) is 12.1. The molecule has 174 valence electrons. The third-order valence-electron chi connectivity index (χ3n) is 5.04. The number of hydrogen-bond acceptors (Lipinski definition) is 5. The van der Waals surface area contributed by atoms with Gasteiger partial charge in [0.2, 0.25) is 0 Å². The van der Waals surface area contributed by atoms with Crippen LogP contribution in [-0.4, -0.2) is 29.2 Å². The van der Waals surface area contributed by atoms with Crippen LogP contribution in [0.25, 0.3) is 6.08 Å². The fraction of sp³-hybridized carbons (Fsp3) is 0.154. The number of imide groups is 1. The molecule has 0 saturated carbocycles. The molecule has 0 aliphatic carbocycles. The molecule has 1 aliphatic rings. The first-order chi connectivity index (χ1) is 16.4. The largest absolute Gasteiger partial charge is 0.492 e. The zero-order valence-electron chi connectivity index (χ0n) is 18.3. The number of halogens is 2. The summed E-state index contributed by atoms with van der Waals surface area (Å²) in [5.74, 6) is 0.983. The summed E-state index contributed by atoms with van der Waals surface area (Å²) < 4.78 is 11.5. The zero-order valence-corrected chi connectivity index (χ0v) is 20.6. The molecule has 0 N–H and O–H groups in total. The van der Waals surface area contributed by atoms with Crippen LogP contribution in [0.3, 0.4) is 0 Å². The Bertz CT molecular complexity index is 1240. The summed E-state index contributed by atoms with van der Waals surface area (Å²) in [6, 6.07) is 20.1. The number of rotatable bonds is 8. The molecular formula is C26H21Cl2NO4S. The summed E-state index contributed by atoms with van der Waals surface area (Å²) in [5, 5.41) is 0.781. The highest BCUT2D eigenvalue weighted by atomic mass is 35.5. The number of ether oxygens (including phenoxy) is 2. The molecule has 3 aromatic rings. The molecule has 5 nitrogen and oxygen atoms in total. The average Bonchev–Trinajstić information content (AvgIpc) is 3.07. The van der Waals surface area contributed by atoms with Gasteiger partial charge in [-0.3, -0.25) is 14.5 Å². The Morgan fingerprint density at radius 2 is 1.74 bits per heavy atom. The van der Waals surface area contributed by atoms with E-state index >= 15 is 0 Å². The van der Waals surface area contributed by atoms with Crippen molar-refractivity contribution in [1.82, 2.24) is 4.90 Å². The summed E-state index contributed by atoms with van der Waals surface area (Å²) in [6.45, 7) is 2.68. The Morgan fingerprint density at radius 1 is 0.941 bits per heavy atom. The van der Waals surface area contributed by atoms with Gasteiger partial charge < -0.3 is 9.47 Å². The summed E-state index contributed by atoms with van der Waals surface area (Å²) in [5.41, 5.74) is 2.69. The molecule has 0 bridgehead atoms. The van der Waals surface area contributed by atoms with E-state index in [0.29, 0.717) is 26.4 Å². The fourth-order valence-corrected chi connectivity index (χ4v) is 4.56. The number of thioether (sulfide) groups is 1. The number of benzene rings is 3. The topological polar surface area (TPSA) is 55.8 Å². The van der Waals surface area contributed by atoms with Crippen molar-refractivity contribution in [3.05, 3.63) is 98.4 Å². The van der Waals surface area contributed by atoms with E-state index in [1.165, 1.54) is 4.90 Å². The number of nitrogens with zero attached hydrogens (tertiary/aromatic N) is 1. The quantitative estimate of drug-likeness (QED) is 0.303. The Morgan fingerprint density at radius 3 is 2.50 bits per heavy atom. The van der Waals surface area contributed by atoms with Crippen LogP contribution < -0.4 is 9.47 Å². The van der Waals surface area contributed by atoms with Crippen molar-refractivity contribution in [2.45, 2.75) is 13.5 Å². The minimum atomic E-state index is -0.332. The predicted octanol–water partition coefficient (Wildman–Crippen LogP) is 7.00. The standard InChI is InChI=1S/C26H21Cl2NO4S/c1-17-5-9-21(10-6-17)32-12-11-29-25(30)24(34-26(29)31)14-18-3-2-4-22(13-18)33-16-19-7-8-20(27)15-23(19)28/h2-10,13-15H,11-12,16H2,1H3/b24-14-. The maximum Gasteiger partial charge on any atom is 0.293 e. The van der Waals surface area contributed by atoms with Crippen LogP contribution in [0.2, 0.25) is 10.0 Å². The second-order valence-corrected chi connectivity index (χ2v) is 9.43. The Kier molecular flexibility index (Phi) is 7.83. The molecule has 0 atom stereocenters. The fourth-order valence-electron chi connectivity index (χ4n) is 3.23. The van der Waals surface area contributed by atoms with Crippen molar-refractivity contribution in [2.24, 2.45) is 0 Å². The zero-order chi connectivity index (χ0) is 24.1. The molecule has 0 aromatic heterocycles. The molecule has 1 aliphatic heterocycles. The van der Waals surface area contributed by atoms with Crippen LogP contribution in [-0.2, 0) is 11.4 Å². The van der Waals surface area contributed by atoms with Gasteiger partial charge in [0.05, 0.1) is 11.4 Å².